The highest BCUT2D eigenvalue weighted by molar-refractivity contribution is 5.64. The average molecular weight is 237 g/mol. The number of rotatable bonds is 3. The highest BCUT2D eigenvalue weighted by Gasteiger charge is 2.23. The molecule has 0 radical (unpaired) electrons. The number of hydrogen-bond acceptors (Lipinski definition) is 6. The molecule has 0 aromatic carbocycles. The van der Waals surface area contributed by atoms with Gasteiger partial charge in [0.2, 0.25) is 5.95 Å². The van der Waals surface area contributed by atoms with E-state index in [4.69, 9.17) is 5.73 Å². The van der Waals surface area contributed by atoms with Crippen LogP contribution in [0.1, 0.15) is 19.4 Å². The van der Waals surface area contributed by atoms with Gasteiger partial charge in [-0.2, -0.15) is 9.97 Å². The van der Waals surface area contributed by atoms with Gasteiger partial charge in [0.15, 0.2) is 0 Å². The first-order valence-corrected chi connectivity index (χ1v) is 5.70. The van der Waals surface area contributed by atoms with Crippen LogP contribution in [0.2, 0.25) is 0 Å². The first kappa shape index (κ1) is 11.9. The second-order valence-corrected chi connectivity index (χ2v) is 5.08. The molecule has 6 nitrogen and oxygen atoms in total. The maximum atomic E-state index is 9.84. The summed E-state index contributed by atoms with van der Waals surface area (Å²) in [7, 11) is 1.90. The van der Waals surface area contributed by atoms with E-state index in [-0.39, 0.29) is 5.95 Å². The summed E-state index contributed by atoms with van der Waals surface area (Å²) in [4.78, 5) is 10.4. The molecule has 0 amide bonds. The van der Waals surface area contributed by atoms with Crippen molar-refractivity contribution in [3.8, 4) is 0 Å². The van der Waals surface area contributed by atoms with Crippen molar-refractivity contribution in [1.82, 2.24) is 9.97 Å². The van der Waals surface area contributed by atoms with Gasteiger partial charge < -0.3 is 21.1 Å². The average Bonchev–Trinajstić information content (AvgIpc) is 2.60. The largest absolute Gasteiger partial charge is 0.389 e. The third-order valence-corrected chi connectivity index (χ3v) is 2.66. The predicted molar refractivity (Wildman–Crippen MR) is 68.2 cm³/mol. The van der Waals surface area contributed by atoms with Crippen LogP contribution in [-0.4, -0.2) is 40.8 Å². The van der Waals surface area contributed by atoms with Gasteiger partial charge in [0.25, 0.3) is 0 Å². The summed E-state index contributed by atoms with van der Waals surface area (Å²) in [6.45, 7) is 4.89. The van der Waals surface area contributed by atoms with E-state index in [2.05, 4.69) is 15.3 Å². The van der Waals surface area contributed by atoms with Crippen LogP contribution in [-0.2, 0) is 6.42 Å². The van der Waals surface area contributed by atoms with Crippen molar-refractivity contribution in [2.45, 2.75) is 25.9 Å². The smallest absolute Gasteiger partial charge is 0.223 e. The molecule has 0 spiro atoms. The highest BCUT2D eigenvalue weighted by atomic mass is 16.3. The molecule has 2 heterocycles. The van der Waals surface area contributed by atoms with Crippen LogP contribution < -0.4 is 16.0 Å². The summed E-state index contributed by atoms with van der Waals surface area (Å²) in [6, 6.07) is 0. The van der Waals surface area contributed by atoms with Crippen LogP contribution in [0.3, 0.4) is 0 Å². The van der Waals surface area contributed by atoms with Gasteiger partial charge in [0.05, 0.1) is 5.60 Å². The van der Waals surface area contributed by atoms with Gasteiger partial charge in [-0.15, -0.1) is 0 Å². The Morgan fingerprint density at radius 1 is 1.47 bits per heavy atom. The van der Waals surface area contributed by atoms with E-state index < -0.39 is 5.60 Å². The number of nitrogens with two attached hydrogens (primary N) is 1. The molecule has 0 atom stereocenters. The van der Waals surface area contributed by atoms with Crippen molar-refractivity contribution in [2.75, 3.05) is 36.1 Å². The van der Waals surface area contributed by atoms with Gasteiger partial charge in [-0.25, -0.2) is 0 Å². The van der Waals surface area contributed by atoms with E-state index in [1.807, 2.05) is 11.9 Å². The Labute approximate surface area is 101 Å². The summed E-state index contributed by atoms with van der Waals surface area (Å²) >= 11 is 0. The zero-order chi connectivity index (χ0) is 12.6. The topological polar surface area (TPSA) is 87.3 Å². The SMILES string of the molecule is CN(CC(C)(C)O)c1nc(N)nc2c1CCN2. The summed E-state index contributed by atoms with van der Waals surface area (Å²) in [5.74, 6) is 1.88. The minimum absolute atomic E-state index is 0.260. The van der Waals surface area contributed by atoms with Gasteiger partial charge in [-0.3, -0.25) is 0 Å². The second kappa shape index (κ2) is 4.03. The minimum Gasteiger partial charge on any atom is -0.389 e. The Bertz CT molecular complexity index is 427. The lowest BCUT2D eigenvalue weighted by Crippen LogP contribution is -2.37. The third-order valence-electron chi connectivity index (χ3n) is 2.66. The van der Waals surface area contributed by atoms with Crippen LogP contribution in [0.25, 0.3) is 0 Å². The second-order valence-electron chi connectivity index (χ2n) is 5.08. The van der Waals surface area contributed by atoms with Crippen LogP contribution in [0.15, 0.2) is 0 Å². The van der Waals surface area contributed by atoms with Gasteiger partial charge >= 0.3 is 0 Å². The number of nitrogens with zero attached hydrogens (tertiary/aromatic N) is 3. The Morgan fingerprint density at radius 3 is 2.82 bits per heavy atom. The number of anilines is 3. The molecule has 0 unspecified atom stereocenters. The molecule has 94 valence electrons. The maximum Gasteiger partial charge on any atom is 0.223 e. The molecule has 17 heavy (non-hydrogen) atoms. The van der Waals surface area contributed by atoms with Crippen LogP contribution >= 0.6 is 0 Å². The number of nitrogen functional groups attached to an aromatic ring is 1. The Balaban J connectivity index is 2.32. The summed E-state index contributed by atoms with van der Waals surface area (Å²) in [6.07, 6.45) is 0.890. The molecule has 6 heteroatoms. The van der Waals surface area contributed by atoms with Crippen LogP contribution in [0.5, 0.6) is 0 Å². The molecule has 2 rings (SSSR count). The normalized spacial score (nSPS) is 14.4. The van der Waals surface area contributed by atoms with E-state index in [9.17, 15) is 5.11 Å². The number of hydrogen-bond donors (Lipinski definition) is 3. The molecule has 1 aliphatic rings. The van der Waals surface area contributed by atoms with Crippen molar-refractivity contribution in [3.63, 3.8) is 0 Å². The molecule has 1 aliphatic heterocycles. The lowest BCUT2D eigenvalue weighted by molar-refractivity contribution is 0.0884. The molecular weight excluding hydrogens is 218 g/mol. The fourth-order valence-electron chi connectivity index (χ4n) is 2.14. The number of fused-ring (bicyclic) bond motifs is 1. The molecule has 0 aliphatic carbocycles. The van der Waals surface area contributed by atoms with E-state index in [0.717, 1.165) is 30.2 Å². The first-order valence-electron chi connectivity index (χ1n) is 5.70. The Hall–Kier alpha value is -1.56. The summed E-state index contributed by atoms with van der Waals surface area (Å²) in [5.41, 5.74) is 5.99. The molecule has 0 saturated heterocycles. The quantitative estimate of drug-likeness (QED) is 0.698. The highest BCUT2D eigenvalue weighted by Crippen LogP contribution is 2.29. The molecule has 1 aromatic rings. The van der Waals surface area contributed by atoms with Crippen LogP contribution in [0, 0.1) is 0 Å². The lowest BCUT2D eigenvalue weighted by atomic mass is 10.1. The number of aromatic nitrogens is 2. The van der Waals surface area contributed by atoms with Gasteiger partial charge in [0, 0.05) is 25.7 Å². The molecule has 1 aromatic heterocycles. The first-order chi connectivity index (χ1) is 7.87. The number of likely N-dealkylation sites (N-methyl/N-ethyl adjacent to an activating group) is 1. The van der Waals surface area contributed by atoms with Gasteiger partial charge in [-0.05, 0) is 20.3 Å². The van der Waals surface area contributed by atoms with Crippen molar-refractivity contribution in [2.24, 2.45) is 0 Å². The zero-order valence-electron chi connectivity index (χ0n) is 10.5. The molecule has 0 fully saturated rings. The molecule has 0 saturated carbocycles. The Morgan fingerprint density at radius 2 is 2.18 bits per heavy atom. The van der Waals surface area contributed by atoms with Crippen molar-refractivity contribution >= 4 is 17.6 Å². The number of aliphatic hydroxyl groups is 1. The lowest BCUT2D eigenvalue weighted by Gasteiger charge is -2.27. The molecular formula is C11H19N5O. The van der Waals surface area contributed by atoms with Crippen LogP contribution in [0.4, 0.5) is 17.6 Å². The van der Waals surface area contributed by atoms with Crippen molar-refractivity contribution in [1.29, 1.82) is 0 Å². The van der Waals surface area contributed by atoms with E-state index in [0.29, 0.717) is 6.54 Å². The zero-order valence-corrected chi connectivity index (χ0v) is 10.5. The van der Waals surface area contributed by atoms with Gasteiger partial charge in [-0.1, -0.05) is 0 Å². The van der Waals surface area contributed by atoms with E-state index in [1.165, 1.54) is 0 Å². The predicted octanol–water partition coefficient (Wildman–Crippen LogP) is 0.234. The Kier molecular flexibility index (Phi) is 2.82. The third kappa shape index (κ3) is 2.58. The number of nitrogens with one attached hydrogen (secondary N) is 1. The summed E-state index contributed by atoms with van der Waals surface area (Å²) < 4.78 is 0. The van der Waals surface area contributed by atoms with Crippen molar-refractivity contribution < 1.29 is 5.11 Å². The van der Waals surface area contributed by atoms with E-state index >= 15 is 0 Å². The van der Waals surface area contributed by atoms with Gasteiger partial charge in [0.1, 0.15) is 11.6 Å². The molecule has 0 bridgehead atoms. The summed E-state index contributed by atoms with van der Waals surface area (Å²) in [5, 5.41) is 13.0. The van der Waals surface area contributed by atoms with E-state index in [1.54, 1.807) is 13.8 Å². The minimum atomic E-state index is -0.770. The van der Waals surface area contributed by atoms with Crippen molar-refractivity contribution in [3.05, 3.63) is 5.56 Å². The monoisotopic (exact) mass is 237 g/mol. The standard InChI is InChI=1S/C11H19N5O/c1-11(2,17)6-16(3)9-7-4-5-13-8(7)14-10(12)15-9/h17H,4-6H2,1-3H3,(H3,12,13,14,15). The fourth-order valence-corrected chi connectivity index (χ4v) is 2.14. The molecule has 4 N–H and O–H groups in total. The fraction of sp³-hybridized carbons (Fsp3) is 0.636. The maximum absolute atomic E-state index is 9.84.